The molecule has 4 nitrogen and oxygen atoms in total. The predicted octanol–water partition coefficient (Wildman–Crippen LogP) is 0.914. The average molecular weight is 224 g/mol. The predicted molar refractivity (Wildman–Crippen MR) is 60.8 cm³/mol. The quantitative estimate of drug-likeness (QED) is 0.774. The first-order valence-electron chi connectivity index (χ1n) is 6.29. The van der Waals surface area contributed by atoms with Crippen LogP contribution < -0.4 is 5.32 Å². The van der Waals surface area contributed by atoms with Crippen LogP contribution in [0.1, 0.15) is 39.0 Å². The molecule has 2 fully saturated rings. The van der Waals surface area contributed by atoms with Crippen molar-refractivity contribution in [3.8, 4) is 0 Å². The van der Waals surface area contributed by atoms with Crippen LogP contribution in [0.5, 0.6) is 0 Å². The lowest BCUT2D eigenvalue weighted by molar-refractivity contribution is -0.133. The first kappa shape index (κ1) is 11.4. The molecule has 4 heteroatoms. The van der Waals surface area contributed by atoms with Crippen molar-refractivity contribution < 1.29 is 9.59 Å². The number of carbonyl (C=O) groups is 2. The summed E-state index contributed by atoms with van der Waals surface area (Å²) in [4.78, 5) is 25.0. The fourth-order valence-electron chi connectivity index (χ4n) is 2.16. The molecule has 90 valence electrons. The maximum Gasteiger partial charge on any atom is 0.225 e. The van der Waals surface area contributed by atoms with Gasteiger partial charge in [0, 0.05) is 31.5 Å². The van der Waals surface area contributed by atoms with Gasteiger partial charge in [-0.3, -0.25) is 9.59 Å². The third kappa shape index (κ3) is 2.74. The van der Waals surface area contributed by atoms with E-state index in [1.165, 1.54) is 0 Å². The van der Waals surface area contributed by atoms with Crippen molar-refractivity contribution in [2.24, 2.45) is 5.92 Å². The normalized spacial score (nSPS) is 21.9. The molecule has 2 amide bonds. The van der Waals surface area contributed by atoms with Crippen molar-refractivity contribution >= 4 is 11.8 Å². The summed E-state index contributed by atoms with van der Waals surface area (Å²) < 4.78 is 0. The lowest BCUT2D eigenvalue weighted by Crippen LogP contribution is -2.46. The highest BCUT2D eigenvalue weighted by Crippen LogP contribution is 2.31. The maximum absolute atomic E-state index is 11.8. The molecule has 16 heavy (non-hydrogen) atoms. The SMILES string of the molecule is CCC(=O)NC1CCN(C(=O)C2CC2)CC1. The van der Waals surface area contributed by atoms with Gasteiger partial charge in [0.05, 0.1) is 0 Å². The fourth-order valence-corrected chi connectivity index (χ4v) is 2.16. The maximum atomic E-state index is 11.8. The van der Waals surface area contributed by atoms with Gasteiger partial charge in [0.2, 0.25) is 11.8 Å². The number of carbonyl (C=O) groups excluding carboxylic acids is 2. The van der Waals surface area contributed by atoms with Crippen LogP contribution in [-0.2, 0) is 9.59 Å². The van der Waals surface area contributed by atoms with Gasteiger partial charge in [-0.15, -0.1) is 0 Å². The van der Waals surface area contributed by atoms with Crippen molar-refractivity contribution in [3.05, 3.63) is 0 Å². The van der Waals surface area contributed by atoms with Crippen molar-refractivity contribution in [2.45, 2.75) is 45.1 Å². The van der Waals surface area contributed by atoms with Crippen molar-refractivity contribution in [1.29, 1.82) is 0 Å². The highest BCUT2D eigenvalue weighted by atomic mass is 16.2. The van der Waals surface area contributed by atoms with E-state index in [0.717, 1.165) is 38.8 Å². The number of rotatable bonds is 3. The van der Waals surface area contributed by atoms with Crippen molar-refractivity contribution in [3.63, 3.8) is 0 Å². The van der Waals surface area contributed by atoms with E-state index in [4.69, 9.17) is 0 Å². The van der Waals surface area contributed by atoms with Gasteiger partial charge in [-0.1, -0.05) is 6.92 Å². The highest BCUT2D eigenvalue weighted by molar-refractivity contribution is 5.81. The second-order valence-electron chi connectivity index (χ2n) is 4.79. The average Bonchev–Trinajstić information content (AvgIpc) is 3.13. The van der Waals surface area contributed by atoms with Crippen LogP contribution in [0, 0.1) is 5.92 Å². The zero-order valence-corrected chi connectivity index (χ0v) is 9.87. The molecule has 0 spiro atoms. The molecule has 1 aliphatic heterocycles. The molecular formula is C12H20N2O2. The monoisotopic (exact) mass is 224 g/mol. The lowest BCUT2D eigenvalue weighted by atomic mass is 10.0. The summed E-state index contributed by atoms with van der Waals surface area (Å²) in [6.07, 6.45) is 4.51. The Balaban J connectivity index is 1.73. The van der Waals surface area contributed by atoms with Crippen molar-refractivity contribution in [1.82, 2.24) is 10.2 Å². The summed E-state index contributed by atoms with van der Waals surface area (Å²) in [6.45, 7) is 3.48. The van der Waals surface area contributed by atoms with Crippen LogP contribution in [0.4, 0.5) is 0 Å². The Labute approximate surface area is 96.4 Å². The van der Waals surface area contributed by atoms with Crippen LogP contribution in [0.25, 0.3) is 0 Å². The van der Waals surface area contributed by atoms with E-state index in [1.54, 1.807) is 0 Å². The van der Waals surface area contributed by atoms with E-state index in [0.29, 0.717) is 18.2 Å². The molecule has 1 aliphatic carbocycles. The topological polar surface area (TPSA) is 49.4 Å². The van der Waals surface area contributed by atoms with Gasteiger partial charge >= 0.3 is 0 Å². The highest BCUT2D eigenvalue weighted by Gasteiger charge is 2.34. The third-order valence-electron chi connectivity index (χ3n) is 3.42. The van der Waals surface area contributed by atoms with E-state index in [2.05, 4.69) is 5.32 Å². The second kappa shape index (κ2) is 4.85. The van der Waals surface area contributed by atoms with Crippen LogP contribution >= 0.6 is 0 Å². The molecule has 0 aromatic heterocycles. The van der Waals surface area contributed by atoms with Crippen LogP contribution in [0.3, 0.4) is 0 Å². The first-order chi connectivity index (χ1) is 7.70. The number of amides is 2. The molecule has 1 N–H and O–H groups in total. The second-order valence-corrected chi connectivity index (χ2v) is 4.79. The molecule has 1 saturated heterocycles. The van der Waals surface area contributed by atoms with Crippen LogP contribution in [-0.4, -0.2) is 35.8 Å². The van der Waals surface area contributed by atoms with Gasteiger partial charge in [-0.05, 0) is 25.7 Å². The summed E-state index contributed by atoms with van der Waals surface area (Å²) in [5.41, 5.74) is 0. The number of nitrogens with one attached hydrogen (secondary N) is 1. The number of hydrogen-bond donors (Lipinski definition) is 1. The smallest absolute Gasteiger partial charge is 0.225 e. The summed E-state index contributed by atoms with van der Waals surface area (Å²) in [6, 6.07) is 0.274. The number of nitrogens with zero attached hydrogens (tertiary/aromatic N) is 1. The van der Waals surface area contributed by atoms with Gasteiger partial charge in [0.1, 0.15) is 0 Å². The minimum absolute atomic E-state index is 0.118. The lowest BCUT2D eigenvalue weighted by Gasteiger charge is -2.32. The molecule has 0 bridgehead atoms. The Morgan fingerprint density at radius 2 is 1.81 bits per heavy atom. The summed E-state index contributed by atoms with van der Waals surface area (Å²) in [5.74, 6) is 0.772. The Hall–Kier alpha value is -1.06. The number of likely N-dealkylation sites (tertiary alicyclic amines) is 1. The molecule has 0 unspecified atom stereocenters. The third-order valence-corrected chi connectivity index (χ3v) is 3.42. The summed E-state index contributed by atoms with van der Waals surface area (Å²) >= 11 is 0. The van der Waals surface area contributed by atoms with Gasteiger partial charge in [0.15, 0.2) is 0 Å². The molecule has 2 aliphatic rings. The Kier molecular flexibility index (Phi) is 3.46. The van der Waals surface area contributed by atoms with Gasteiger partial charge in [-0.25, -0.2) is 0 Å². The van der Waals surface area contributed by atoms with E-state index in [9.17, 15) is 9.59 Å². The van der Waals surface area contributed by atoms with Gasteiger partial charge in [0.25, 0.3) is 0 Å². The number of hydrogen-bond acceptors (Lipinski definition) is 2. The molecule has 0 aromatic carbocycles. The molecule has 0 atom stereocenters. The van der Waals surface area contributed by atoms with E-state index >= 15 is 0 Å². The standard InChI is InChI=1S/C12H20N2O2/c1-2-11(15)13-10-5-7-14(8-6-10)12(16)9-3-4-9/h9-10H,2-8H2,1H3,(H,13,15). The molecule has 1 heterocycles. The summed E-state index contributed by atoms with van der Waals surface area (Å²) in [5, 5.41) is 3.00. The molecule has 0 radical (unpaired) electrons. The Morgan fingerprint density at radius 1 is 1.19 bits per heavy atom. The minimum atomic E-state index is 0.118. The first-order valence-corrected chi connectivity index (χ1v) is 6.29. The molecule has 2 rings (SSSR count). The molecule has 0 aromatic rings. The Morgan fingerprint density at radius 3 is 2.31 bits per heavy atom. The molecular weight excluding hydrogens is 204 g/mol. The van der Waals surface area contributed by atoms with Gasteiger partial charge in [-0.2, -0.15) is 0 Å². The van der Waals surface area contributed by atoms with E-state index < -0.39 is 0 Å². The fraction of sp³-hybridized carbons (Fsp3) is 0.833. The zero-order valence-electron chi connectivity index (χ0n) is 9.87. The Bertz CT molecular complexity index is 279. The van der Waals surface area contributed by atoms with Crippen LogP contribution in [0.15, 0.2) is 0 Å². The van der Waals surface area contributed by atoms with Gasteiger partial charge < -0.3 is 10.2 Å². The molecule has 1 saturated carbocycles. The summed E-state index contributed by atoms with van der Waals surface area (Å²) in [7, 11) is 0. The zero-order chi connectivity index (χ0) is 11.5. The van der Waals surface area contributed by atoms with E-state index in [-0.39, 0.29) is 11.9 Å². The van der Waals surface area contributed by atoms with Crippen LogP contribution in [0.2, 0.25) is 0 Å². The minimum Gasteiger partial charge on any atom is -0.353 e. The van der Waals surface area contributed by atoms with Crippen molar-refractivity contribution in [2.75, 3.05) is 13.1 Å². The largest absolute Gasteiger partial charge is 0.353 e. The number of piperidine rings is 1. The van der Waals surface area contributed by atoms with E-state index in [1.807, 2.05) is 11.8 Å².